The molecule has 6 heteroatoms. The van der Waals surface area contributed by atoms with Crippen LogP contribution in [0.5, 0.6) is 0 Å². The molecule has 1 heterocycles. The number of anilines is 1. The standard InChI is InChI=1S/C14H22N4O2/c1-3-18(4-2)11-7-10-16-13(19)14(20)17-12-8-5-6-9-15-12/h5-6,8-9H,3-4,7,10-11H2,1-2H3,(H,16,19)(H,15,17,20). The number of amides is 2. The van der Waals surface area contributed by atoms with E-state index in [1.165, 1.54) is 0 Å². The molecule has 1 rings (SSSR count). The van der Waals surface area contributed by atoms with Crippen molar-refractivity contribution < 1.29 is 9.59 Å². The molecule has 0 spiro atoms. The fraction of sp³-hybridized carbons (Fsp3) is 0.500. The normalized spacial score (nSPS) is 10.3. The van der Waals surface area contributed by atoms with Crippen LogP contribution < -0.4 is 10.6 Å². The Morgan fingerprint density at radius 1 is 1.20 bits per heavy atom. The maximum Gasteiger partial charge on any atom is 0.314 e. The Morgan fingerprint density at radius 3 is 2.55 bits per heavy atom. The second-order valence-electron chi connectivity index (χ2n) is 4.31. The molecular weight excluding hydrogens is 256 g/mol. The predicted molar refractivity (Wildman–Crippen MR) is 78.3 cm³/mol. The minimum absolute atomic E-state index is 0.371. The van der Waals surface area contributed by atoms with Gasteiger partial charge in [-0.05, 0) is 38.2 Å². The van der Waals surface area contributed by atoms with Gasteiger partial charge in [-0.15, -0.1) is 0 Å². The van der Waals surface area contributed by atoms with Gasteiger partial charge in [0.15, 0.2) is 0 Å². The largest absolute Gasteiger partial charge is 0.348 e. The molecule has 2 amide bonds. The highest BCUT2D eigenvalue weighted by Gasteiger charge is 2.13. The van der Waals surface area contributed by atoms with Gasteiger partial charge in [0, 0.05) is 12.7 Å². The molecule has 0 unspecified atom stereocenters. The number of hydrogen-bond acceptors (Lipinski definition) is 4. The van der Waals surface area contributed by atoms with Gasteiger partial charge in [-0.2, -0.15) is 0 Å². The summed E-state index contributed by atoms with van der Waals surface area (Å²) < 4.78 is 0. The molecule has 0 aliphatic carbocycles. The lowest BCUT2D eigenvalue weighted by Gasteiger charge is -2.17. The van der Waals surface area contributed by atoms with Crippen molar-refractivity contribution in [1.29, 1.82) is 0 Å². The van der Waals surface area contributed by atoms with E-state index in [0.717, 1.165) is 26.1 Å². The van der Waals surface area contributed by atoms with Crippen LogP contribution in [0.15, 0.2) is 24.4 Å². The number of aromatic nitrogens is 1. The van der Waals surface area contributed by atoms with Crippen LogP contribution in [-0.4, -0.2) is 47.9 Å². The van der Waals surface area contributed by atoms with Gasteiger partial charge in [0.25, 0.3) is 0 Å². The Hall–Kier alpha value is -1.95. The minimum Gasteiger partial charge on any atom is -0.348 e. The van der Waals surface area contributed by atoms with Crippen LogP contribution in [0.3, 0.4) is 0 Å². The SMILES string of the molecule is CCN(CC)CCCNC(=O)C(=O)Nc1ccccn1. The average molecular weight is 278 g/mol. The van der Waals surface area contributed by atoms with Crippen LogP contribution >= 0.6 is 0 Å². The van der Waals surface area contributed by atoms with Crippen LogP contribution in [0.25, 0.3) is 0 Å². The van der Waals surface area contributed by atoms with E-state index in [9.17, 15) is 9.59 Å². The molecule has 20 heavy (non-hydrogen) atoms. The van der Waals surface area contributed by atoms with E-state index in [1.54, 1.807) is 24.4 Å². The van der Waals surface area contributed by atoms with Gasteiger partial charge in [0.2, 0.25) is 0 Å². The van der Waals surface area contributed by atoms with Crippen molar-refractivity contribution in [3.05, 3.63) is 24.4 Å². The smallest absolute Gasteiger partial charge is 0.314 e. The second kappa shape index (κ2) is 9.03. The molecule has 0 saturated heterocycles. The van der Waals surface area contributed by atoms with Crippen LogP contribution in [0, 0.1) is 0 Å². The second-order valence-corrected chi connectivity index (χ2v) is 4.31. The number of hydrogen-bond donors (Lipinski definition) is 2. The van der Waals surface area contributed by atoms with Gasteiger partial charge in [0.1, 0.15) is 5.82 Å². The monoisotopic (exact) mass is 278 g/mol. The quantitative estimate of drug-likeness (QED) is 0.573. The third kappa shape index (κ3) is 5.79. The summed E-state index contributed by atoms with van der Waals surface area (Å²) >= 11 is 0. The van der Waals surface area contributed by atoms with Crippen molar-refractivity contribution in [2.75, 3.05) is 31.5 Å². The summed E-state index contributed by atoms with van der Waals surface area (Å²) in [7, 11) is 0. The van der Waals surface area contributed by atoms with E-state index in [1.807, 2.05) is 0 Å². The van der Waals surface area contributed by atoms with Gasteiger partial charge in [-0.1, -0.05) is 19.9 Å². The zero-order chi connectivity index (χ0) is 14.8. The molecule has 0 atom stereocenters. The average Bonchev–Trinajstić information content (AvgIpc) is 2.48. The molecule has 2 N–H and O–H groups in total. The molecular formula is C14H22N4O2. The van der Waals surface area contributed by atoms with E-state index in [0.29, 0.717) is 12.4 Å². The lowest BCUT2D eigenvalue weighted by molar-refractivity contribution is -0.136. The number of carbonyl (C=O) groups excluding carboxylic acids is 2. The van der Waals surface area contributed by atoms with Crippen LogP contribution in [0.4, 0.5) is 5.82 Å². The van der Waals surface area contributed by atoms with E-state index in [4.69, 9.17) is 0 Å². The molecule has 110 valence electrons. The van der Waals surface area contributed by atoms with Crippen molar-refractivity contribution in [2.24, 2.45) is 0 Å². The van der Waals surface area contributed by atoms with Crippen molar-refractivity contribution in [3.8, 4) is 0 Å². The molecule has 0 aromatic carbocycles. The van der Waals surface area contributed by atoms with Crippen LogP contribution in [-0.2, 0) is 9.59 Å². The van der Waals surface area contributed by atoms with Gasteiger partial charge in [-0.25, -0.2) is 4.98 Å². The highest BCUT2D eigenvalue weighted by molar-refractivity contribution is 6.39. The number of pyridine rings is 1. The summed E-state index contributed by atoms with van der Waals surface area (Å²) in [5, 5.41) is 5.04. The predicted octanol–water partition coefficient (Wildman–Crippen LogP) is 0.868. The van der Waals surface area contributed by atoms with Crippen molar-refractivity contribution in [2.45, 2.75) is 20.3 Å². The first-order valence-corrected chi connectivity index (χ1v) is 6.90. The van der Waals surface area contributed by atoms with E-state index in [2.05, 4.69) is 34.4 Å². The Bertz CT molecular complexity index is 418. The molecule has 0 radical (unpaired) electrons. The summed E-state index contributed by atoms with van der Waals surface area (Å²) in [6, 6.07) is 5.11. The summed E-state index contributed by atoms with van der Waals surface area (Å²) in [5.41, 5.74) is 0. The lowest BCUT2D eigenvalue weighted by atomic mass is 10.3. The number of nitrogens with one attached hydrogen (secondary N) is 2. The molecule has 6 nitrogen and oxygen atoms in total. The number of nitrogens with zero attached hydrogens (tertiary/aromatic N) is 2. The topological polar surface area (TPSA) is 74.3 Å². The first kappa shape index (κ1) is 16.1. The fourth-order valence-corrected chi connectivity index (χ4v) is 1.73. The third-order valence-electron chi connectivity index (χ3n) is 2.94. The molecule has 0 bridgehead atoms. The third-order valence-corrected chi connectivity index (χ3v) is 2.94. The molecule has 0 fully saturated rings. The Kier molecular flexibility index (Phi) is 7.27. The zero-order valence-corrected chi connectivity index (χ0v) is 12.1. The molecule has 1 aromatic heterocycles. The first-order valence-electron chi connectivity index (χ1n) is 6.90. The number of carbonyl (C=O) groups is 2. The molecule has 0 saturated carbocycles. The minimum atomic E-state index is -0.688. The Morgan fingerprint density at radius 2 is 1.95 bits per heavy atom. The molecule has 0 aliphatic rings. The fourth-order valence-electron chi connectivity index (χ4n) is 1.73. The first-order chi connectivity index (χ1) is 9.67. The number of rotatable bonds is 7. The Labute approximate surface area is 119 Å². The molecule has 1 aromatic rings. The van der Waals surface area contributed by atoms with Gasteiger partial charge >= 0.3 is 11.8 Å². The molecule has 0 aliphatic heterocycles. The van der Waals surface area contributed by atoms with Crippen molar-refractivity contribution in [1.82, 2.24) is 15.2 Å². The van der Waals surface area contributed by atoms with Crippen molar-refractivity contribution >= 4 is 17.6 Å². The van der Waals surface area contributed by atoms with Crippen LogP contribution in [0.2, 0.25) is 0 Å². The highest BCUT2D eigenvalue weighted by Crippen LogP contribution is 1.99. The van der Waals surface area contributed by atoms with Crippen LogP contribution in [0.1, 0.15) is 20.3 Å². The maximum atomic E-state index is 11.6. The van der Waals surface area contributed by atoms with E-state index >= 15 is 0 Å². The lowest BCUT2D eigenvalue weighted by Crippen LogP contribution is -2.37. The maximum absolute atomic E-state index is 11.6. The van der Waals surface area contributed by atoms with Gasteiger partial charge in [-0.3, -0.25) is 9.59 Å². The van der Waals surface area contributed by atoms with Gasteiger partial charge < -0.3 is 15.5 Å². The zero-order valence-electron chi connectivity index (χ0n) is 12.1. The summed E-state index contributed by atoms with van der Waals surface area (Å²) in [4.78, 5) is 29.3. The summed E-state index contributed by atoms with van der Waals surface area (Å²) in [6.07, 6.45) is 2.38. The van der Waals surface area contributed by atoms with Crippen molar-refractivity contribution in [3.63, 3.8) is 0 Å². The van der Waals surface area contributed by atoms with Gasteiger partial charge in [0.05, 0.1) is 0 Å². The highest BCUT2D eigenvalue weighted by atomic mass is 16.2. The Balaban J connectivity index is 2.24. The summed E-state index contributed by atoms with van der Waals surface area (Å²) in [6.45, 7) is 7.58. The van der Waals surface area contributed by atoms with E-state index < -0.39 is 11.8 Å². The van der Waals surface area contributed by atoms with E-state index in [-0.39, 0.29) is 0 Å². The summed E-state index contributed by atoms with van der Waals surface area (Å²) in [5.74, 6) is -0.947.